The zero-order chi connectivity index (χ0) is 23.1. The molecule has 0 heterocycles. The van der Waals surface area contributed by atoms with Crippen LogP contribution < -0.4 is 14.4 Å². The SMILES string of the molecule is CCOc1ccc(N(CC(=O)Nc2ccccc2Br)S(=O)(=O)c2ccc(SC)cc2)cc1. The van der Waals surface area contributed by atoms with Gasteiger partial charge < -0.3 is 10.1 Å². The van der Waals surface area contributed by atoms with Crippen LogP contribution in [0.15, 0.2) is 87.1 Å². The molecule has 0 spiro atoms. The molecule has 0 bridgehead atoms. The van der Waals surface area contributed by atoms with Gasteiger partial charge in [0, 0.05) is 9.37 Å². The van der Waals surface area contributed by atoms with Crippen LogP contribution in [0.4, 0.5) is 11.4 Å². The van der Waals surface area contributed by atoms with Crippen LogP contribution in [-0.4, -0.2) is 33.7 Å². The molecule has 0 aliphatic carbocycles. The molecule has 3 aromatic carbocycles. The monoisotopic (exact) mass is 534 g/mol. The molecule has 0 aromatic heterocycles. The van der Waals surface area contributed by atoms with Crippen molar-refractivity contribution < 1.29 is 17.9 Å². The quantitative estimate of drug-likeness (QED) is 0.371. The first-order valence-corrected chi connectivity index (χ1v) is 13.2. The van der Waals surface area contributed by atoms with Crippen LogP contribution >= 0.6 is 27.7 Å². The molecule has 9 heteroatoms. The molecule has 0 unspecified atom stereocenters. The number of hydrogen-bond donors (Lipinski definition) is 1. The lowest BCUT2D eigenvalue weighted by molar-refractivity contribution is -0.114. The first-order chi connectivity index (χ1) is 15.3. The summed E-state index contributed by atoms with van der Waals surface area (Å²) in [4.78, 5) is 13.9. The highest BCUT2D eigenvalue weighted by Gasteiger charge is 2.27. The van der Waals surface area contributed by atoms with Crippen molar-refractivity contribution in [3.63, 3.8) is 0 Å². The van der Waals surface area contributed by atoms with Gasteiger partial charge in [0.2, 0.25) is 5.91 Å². The van der Waals surface area contributed by atoms with Crippen molar-refractivity contribution >= 4 is 55.0 Å². The van der Waals surface area contributed by atoms with Crippen molar-refractivity contribution in [2.75, 3.05) is 29.0 Å². The summed E-state index contributed by atoms with van der Waals surface area (Å²) in [7, 11) is -3.99. The van der Waals surface area contributed by atoms with Crippen molar-refractivity contribution in [2.45, 2.75) is 16.7 Å². The van der Waals surface area contributed by atoms with Crippen molar-refractivity contribution in [2.24, 2.45) is 0 Å². The van der Waals surface area contributed by atoms with E-state index in [9.17, 15) is 13.2 Å². The van der Waals surface area contributed by atoms with Crippen LogP contribution in [0.5, 0.6) is 5.75 Å². The molecule has 32 heavy (non-hydrogen) atoms. The Kier molecular flexibility index (Phi) is 8.22. The molecule has 1 amide bonds. The van der Waals surface area contributed by atoms with Gasteiger partial charge in [-0.1, -0.05) is 12.1 Å². The van der Waals surface area contributed by atoms with E-state index in [1.54, 1.807) is 66.7 Å². The van der Waals surface area contributed by atoms with E-state index in [0.717, 1.165) is 9.20 Å². The molecule has 3 aromatic rings. The summed E-state index contributed by atoms with van der Waals surface area (Å²) in [5.41, 5.74) is 0.926. The molecule has 168 valence electrons. The van der Waals surface area contributed by atoms with E-state index in [1.165, 1.54) is 11.8 Å². The highest BCUT2D eigenvalue weighted by Crippen LogP contribution is 2.28. The number of anilines is 2. The van der Waals surface area contributed by atoms with Crippen molar-refractivity contribution in [3.8, 4) is 5.75 Å². The molecular weight excluding hydrogens is 512 g/mol. The van der Waals surface area contributed by atoms with E-state index < -0.39 is 15.9 Å². The summed E-state index contributed by atoms with van der Waals surface area (Å²) < 4.78 is 34.3. The number of halogens is 1. The minimum Gasteiger partial charge on any atom is -0.494 e. The fourth-order valence-electron chi connectivity index (χ4n) is 2.95. The van der Waals surface area contributed by atoms with Gasteiger partial charge in [0.15, 0.2) is 0 Å². The zero-order valence-electron chi connectivity index (χ0n) is 17.6. The molecule has 0 aliphatic rings. The summed E-state index contributed by atoms with van der Waals surface area (Å²) in [5, 5.41) is 2.76. The fourth-order valence-corrected chi connectivity index (χ4v) is 5.16. The van der Waals surface area contributed by atoms with Crippen LogP contribution in [0.25, 0.3) is 0 Å². The number of rotatable bonds is 9. The Hall–Kier alpha value is -2.49. The Morgan fingerprint density at radius 1 is 1.03 bits per heavy atom. The second kappa shape index (κ2) is 10.9. The van der Waals surface area contributed by atoms with E-state index in [1.807, 2.05) is 19.2 Å². The number of amides is 1. The Labute approximate surface area is 201 Å². The lowest BCUT2D eigenvalue weighted by atomic mass is 10.3. The average Bonchev–Trinajstić information content (AvgIpc) is 2.80. The second-order valence-corrected chi connectivity index (χ2v) is 10.2. The minimum atomic E-state index is -3.99. The molecule has 0 saturated carbocycles. The Morgan fingerprint density at radius 2 is 1.69 bits per heavy atom. The van der Waals surface area contributed by atoms with Gasteiger partial charge >= 0.3 is 0 Å². The van der Waals surface area contributed by atoms with Gasteiger partial charge in [-0.25, -0.2) is 8.42 Å². The summed E-state index contributed by atoms with van der Waals surface area (Å²) >= 11 is 4.91. The van der Waals surface area contributed by atoms with E-state index in [2.05, 4.69) is 21.2 Å². The summed E-state index contributed by atoms with van der Waals surface area (Å²) in [6.07, 6.45) is 1.92. The number of benzene rings is 3. The minimum absolute atomic E-state index is 0.109. The smallest absolute Gasteiger partial charge is 0.264 e. The molecule has 0 saturated heterocycles. The maximum atomic E-state index is 13.5. The topological polar surface area (TPSA) is 75.7 Å². The predicted molar refractivity (Wildman–Crippen MR) is 133 cm³/mol. The number of sulfonamides is 1. The largest absolute Gasteiger partial charge is 0.494 e. The molecule has 0 fully saturated rings. The van der Waals surface area contributed by atoms with Gasteiger partial charge in [-0.2, -0.15) is 0 Å². The third kappa shape index (κ3) is 5.85. The maximum absolute atomic E-state index is 13.5. The van der Waals surface area contributed by atoms with E-state index in [0.29, 0.717) is 28.2 Å². The molecule has 0 aliphatic heterocycles. The average molecular weight is 535 g/mol. The number of hydrogen-bond acceptors (Lipinski definition) is 5. The Morgan fingerprint density at radius 3 is 2.28 bits per heavy atom. The Balaban J connectivity index is 1.94. The highest BCUT2D eigenvalue weighted by atomic mass is 79.9. The zero-order valence-corrected chi connectivity index (χ0v) is 20.8. The van der Waals surface area contributed by atoms with Crippen LogP contribution in [0.3, 0.4) is 0 Å². The highest BCUT2D eigenvalue weighted by molar-refractivity contribution is 9.10. The first kappa shape index (κ1) is 24.2. The van der Waals surface area contributed by atoms with Crippen molar-refractivity contribution in [1.82, 2.24) is 0 Å². The normalized spacial score (nSPS) is 11.1. The molecular formula is C23H23BrN2O4S2. The number of ether oxygens (including phenoxy) is 1. The lowest BCUT2D eigenvalue weighted by Crippen LogP contribution is -2.38. The predicted octanol–water partition coefficient (Wildman–Crippen LogP) is 5.40. The lowest BCUT2D eigenvalue weighted by Gasteiger charge is -2.24. The molecule has 0 radical (unpaired) electrons. The van der Waals surface area contributed by atoms with E-state index in [4.69, 9.17) is 4.74 Å². The first-order valence-electron chi connectivity index (χ1n) is 9.79. The molecule has 0 atom stereocenters. The summed E-state index contributed by atoms with van der Waals surface area (Å²) in [5.74, 6) is 0.158. The standard InChI is InChI=1S/C23H23BrN2O4S2/c1-3-30-18-10-8-17(9-11-18)26(16-23(27)25-22-7-5-4-6-21(22)24)32(28,29)20-14-12-19(31-2)13-15-20/h4-15H,3,16H2,1-2H3,(H,25,27). The number of carbonyl (C=O) groups is 1. The molecule has 3 rings (SSSR count). The van der Waals surface area contributed by atoms with Gasteiger partial charge in [-0.15, -0.1) is 11.8 Å². The molecule has 1 N–H and O–H groups in total. The third-order valence-corrected chi connectivity index (χ3v) is 7.74. The second-order valence-electron chi connectivity index (χ2n) is 6.64. The van der Waals surface area contributed by atoms with Gasteiger partial charge in [-0.3, -0.25) is 9.10 Å². The van der Waals surface area contributed by atoms with Crippen molar-refractivity contribution in [3.05, 3.63) is 77.3 Å². The van der Waals surface area contributed by atoms with Gasteiger partial charge in [0.25, 0.3) is 10.0 Å². The third-order valence-electron chi connectivity index (χ3n) is 4.52. The van der Waals surface area contributed by atoms with Gasteiger partial charge in [0.05, 0.1) is 22.9 Å². The van der Waals surface area contributed by atoms with Crippen LogP contribution in [0.1, 0.15) is 6.92 Å². The van der Waals surface area contributed by atoms with Gasteiger partial charge in [-0.05, 0) is 89.8 Å². The molecule has 6 nitrogen and oxygen atoms in total. The van der Waals surface area contributed by atoms with Crippen molar-refractivity contribution in [1.29, 1.82) is 0 Å². The fraction of sp³-hybridized carbons (Fsp3) is 0.174. The van der Waals surface area contributed by atoms with E-state index >= 15 is 0 Å². The maximum Gasteiger partial charge on any atom is 0.264 e. The summed E-state index contributed by atoms with van der Waals surface area (Å²) in [6.45, 7) is 1.98. The number of nitrogens with one attached hydrogen (secondary N) is 1. The van der Waals surface area contributed by atoms with E-state index in [-0.39, 0.29) is 11.4 Å². The van der Waals surface area contributed by atoms with Gasteiger partial charge in [0.1, 0.15) is 12.3 Å². The van der Waals surface area contributed by atoms with Crippen LogP contribution in [0.2, 0.25) is 0 Å². The number of nitrogens with zero attached hydrogens (tertiary/aromatic N) is 1. The number of carbonyl (C=O) groups excluding carboxylic acids is 1. The number of thioether (sulfide) groups is 1. The Bertz CT molecular complexity index is 1170. The number of para-hydroxylation sites is 1. The van der Waals surface area contributed by atoms with Crippen LogP contribution in [0, 0.1) is 0 Å². The van der Waals surface area contributed by atoms with Crippen LogP contribution in [-0.2, 0) is 14.8 Å². The summed E-state index contributed by atoms with van der Waals surface area (Å²) in [6, 6.07) is 20.4.